The average Bonchev–Trinajstić information content (AvgIpc) is 3.01. The molecule has 0 spiro atoms. The molecule has 1 aromatic carbocycles. The Bertz CT molecular complexity index is 619. The van der Waals surface area contributed by atoms with Crippen LogP contribution in [-0.2, 0) is 9.59 Å². The fourth-order valence-electron chi connectivity index (χ4n) is 3.67. The highest BCUT2D eigenvalue weighted by molar-refractivity contribution is 5.95. The van der Waals surface area contributed by atoms with E-state index in [4.69, 9.17) is 5.73 Å². The number of benzene rings is 1. The molecule has 3 rings (SSSR count). The summed E-state index contributed by atoms with van der Waals surface area (Å²) in [5.74, 6) is 0.502. The third-order valence-electron chi connectivity index (χ3n) is 4.91. The van der Waals surface area contributed by atoms with Crippen LogP contribution >= 0.6 is 0 Å². The maximum Gasteiger partial charge on any atom is 0.238 e. The number of carbonyl (C=O) groups is 2. The number of anilines is 2. The van der Waals surface area contributed by atoms with E-state index in [2.05, 4.69) is 16.7 Å². The van der Waals surface area contributed by atoms with Crippen LogP contribution in [0.2, 0.25) is 0 Å². The molecular formula is C18H26N4O2. The van der Waals surface area contributed by atoms with Crippen LogP contribution < -0.4 is 16.4 Å². The predicted octanol–water partition coefficient (Wildman–Crippen LogP) is 1.69. The molecule has 1 aliphatic heterocycles. The van der Waals surface area contributed by atoms with E-state index in [-0.39, 0.29) is 17.9 Å². The van der Waals surface area contributed by atoms with Crippen molar-refractivity contribution in [3.05, 3.63) is 23.8 Å². The van der Waals surface area contributed by atoms with Crippen LogP contribution in [0.5, 0.6) is 0 Å². The maximum atomic E-state index is 12.2. The fraction of sp³-hybridized carbons (Fsp3) is 0.556. The Morgan fingerprint density at radius 2 is 1.96 bits per heavy atom. The molecular weight excluding hydrogens is 304 g/mol. The molecule has 24 heavy (non-hydrogen) atoms. The molecule has 1 saturated carbocycles. The number of nitrogens with two attached hydrogens (primary N) is 1. The van der Waals surface area contributed by atoms with E-state index in [1.807, 2.05) is 17.0 Å². The Balaban J connectivity index is 1.53. The van der Waals surface area contributed by atoms with Gasteiger partial charge < -0.3 is 16.4 Å². The average molecular weight is 330 g/mol. The van der Waals surface area contributed by atoms with Gasteiger partial charge in [-0.25, -0.2) is 0 Å². The summed E-state index contributed by atoms with van der Waals surface area (Å²) in [6.45, 7) is 3.26. The second-order valence-electron chi connectivity index (χ2n) is 6.97. The minimum absolute atomic E-state index is 0.0272. The lowest BCUT2D eigenvalue weighted by molar-refractivity contribution is -0.121. The van der Waals surface area contributed by atoms with E-state index < -0.39 is 0 Å². The first kappa shape index (κ1) is 16.8. The normalized spacial score (nSPS) is 19.0. The van der Waals surface area contributed by atoms with Gasteiger partial charge in [0.1, 0.15) is 0 Å². The van der Waals surface area contributed by atoms with Crippen molar-refractivity contribution in [1.82, 2.24) is 10.2 Å². The summed E-state index contributed by atoms with van der Waals surface area (Å²) < 4.78 is 0. The number of likely N-dealkylation sites (tertiary alicyclic amines) is 1. The van der Waals surface area contributed by atoms with E-state index in [9.17, 15) is 9.59 Å². The van der Waals surface area contributed by atoms with Crippen LogP contribution in [0.3, 0.4) is 0 Å². The molecule has 2 aliphatic rings. The summed E-state index contributed by atoms with van der Waals surface area (Å²) >= 11 is 0. The predicted molar refractivity (Wildman–Crippen MR) is 94.7 cm³/mol. The van der Waals surface area contributed by atoms with E-state index >= 15 is 0 Å². The third kappa shape index (κ3) is 4.06. The zero-order chi connectivity index (χ0) is 17.1. The van der Waals surface area contributed by atoms with Crippen molar-refractivity contribution in [3.63, 3.8) is 0 Å². The van der Waals surface area contributed by atoms with Crippen LogP contribution in [0.25, 0.3) is 0 Å². The SMILES string of the molecule is CC(=O)NC1CN(CC(=O)Nc2cc(C3CCCC3)ccc2N)C1. The molecule has 4 N–H and O–H groups in total. The van der Waals surface area contributed by atoms with E-state index in [1.165, 1.54) is 38.2 Å². The Kier molecular flexibility index (Phi) is 5.04. The van der Waals surface area contributed by atoms with Crippen LogP contribution in [0.4, 0.5) is 11.4 Å². The summed E-state index contributed by atoms with van der Waals surface area (Å²) in [6.07, 6.45) is 4.99. The van der Waals surface area contributed by atoms with E-state index in [1.54, 1.807) is 0 Å². The molecule has 6 nitrogen and oxygen atoms in total. The van der Waals surface area contributed by atoms with Gasteiger partial charge in [-0.3, -0.25) is 14.5 Å². The summed E-state index contributed by atoms with van der Waals surface area (Å²) in [7, 11) is 0. The summed E-state index contributed by atoms with van der Waals surface area (Å²) in [6, 6.07) is 6.15. The third-order valence-corrected chi connectivity index (χ3v) is 4.91. The molecule has 0 atom stereocenters. The zero-order valence-electron chi connectivity index (χ0n) is 14.2. The van der Waals surface area contributed by atoms with Gasteiger partial charge in [0.15, 0.2) is 0 Å². The van der Waals surface area contributed by atoms with Gasteiger partial charge in [-0.05, 0) is 36.5 Å². The maximum absolute atomic E-state index is 12.2. The van der Waals surface area contributed by atoms with Crippen LogP contribution in [0, 0.1) is 0 Å². The number of nitrogens with zero attached hydrogens (tertiary/aromatic N) is 1. The largest absolute Gasteiger partial charge is 0.397 e. The molecule has 0 bridgehead atoms. The highest BCUT2D eigenvalue weighted by Gasteiger charge is 2.28. The minimum atomic E-state index is -0.0634. The molecule has 6 heteroatoms. The second kappa shape index (κ2) is 7.21. The Morgan fingerprint density at radius 3 is 2.62 bits per heavy atom. The Morgan fingerprint density at radius 1 is 1.25 bits per heavy atom. The number of nitrogens with one attached hydrogen (secondary N) is 2. The van der Waals surface area contributed by atoms with Gasteiger partial charge in [0, 0.05) is 20.0 Å². The molecule has 130 valence electrons. The summed E-state index contributed by atoms with van der Waals surface area (Å²) in [5, 5.41) is 5.78. The lowest BCUT2D eigenvalue weighted by Gasteiger charge is -2.38. The van der Waals surface area contributed by atoms with Gasteiger partial charge in [-0.15, -0.1) is 0 Å². The van der Waals surface area contributed by atoms with Crippen molar-refractivity contribution in [2.75, 3.05) is 30.7 Å². The quantitative estimate of drug-likeness (QED) is 0.717. The summed E-state index contributed by atoms with van der Waals surface area (Å²) in [4.78, 5) is 25.2. The smallest absolute Gasteiger partial charge is 0.238 e. The molecule has 0 radical (unpaired) electrons. The van der Waals surface area contributed by atoms with Crippen molar-refractivity contribution in [3.8, 4) is 0 Å². The number of hydrogen-bond acceptors (Lipinski definition) is 4. The molecule has 1 heterocycles. The van der Waals surface area contributed by atoms with Crippen molar-refractivity contribution in [2.24, 2.45) is 0 Å². The number of hydrogen-bond donors (Lipinski definition) is 3. The van der Waals surface area contributed by atoms with E-state index in [0.717, 1.165) is 0 Å². The van der Waals surface area contributed by atoms with Gasteiger partial charge in [0.05, 0.1) is 24.0 Å². The van der Waals surface area contributed by atoms with E-state index in [0.29, 0.717) is 36.9 Å². The lowest BCUT2D eigenvalue weighted by Crippen LogP contribution is -2.60. The molecule has 0 unspecified atom stereocenters. The van der Waals surface area contributed by atoms with Crippen molar-refractivity contribution in [1.29, 1.82) is 0 Å². The first-order valence-corrected chi connectivity index (χ1v) is 8.70. The Hall–Kier alpha value is -2.08. The molecule has 2 amide bonds. The standard InChI is InChI=1S/C18H26N4O2/c1-12(23)20-15-9-22(10-15)11-18(24)21-17-8-14(6-7-16(17)19)13-4-2-3-5-13/h6-8,13,15H,2-5,9-11,19H2,1H3,(H,20,23)(H,21,24). The second-order valence-corrected chi connectivity index (χ2v) is 6.97. The van der Waals surface area contributed by atoms with Crippen molar-refractivity contribution >= 4 is 23.2 Å². The molecule has 1 aromatic rings. The Labute approximate surface area is 142 Å². The molecule has 2 fully saturated rings. The van der Waals surface area contributed by atoms with Crippen molar-refractivity contribution in [2.45, 2.75) is 44.6 Å². The molecule has 1 saturated heterocycles. The first-order valence-electron chi connectivity index (χ1n) is 8.70. The lowest BCUT2D eigenvalue weighted by atomic mass is 9.97. The van der Waals surface area contributed by atoms with Gasteiger partial charge in [-0.2, -0.15) is 0 Å². The zero-order valence-corrected chi connectivity index (χ0v) is 14.2. The molecule has 0 aromatic heterocycles. The van der Waals surface area contributed by atoms with Crippen LogP contribution in [0.1, 0.15) is 44.1 Å². The van der Waals surface area contributed by atoms with Gasteiger partial charge in [0.25, 0.3) is 0 Å². The highest BCUT2D eigenvalue weighted by Crippen LogP contribution is 2.36. The van der Waals surface area contributed by atoms with Crippen molar-refractivity contribution < 1.29 is 9.59 Å². The number of nitrogen functional groups attached to an aromatic ring is 1. The fourth-order valence-corrected chi connectivity index (χ4v) is 3.67. The number of carbonyl (C=O) groups excluding carboxylic acids is 2. The van der Waals surface area contributed by atoms with Crippen LogP contribution in [-0.4, -0.2) is 42.4 Å². The number of rotatable bonds is 5. The first-order chi connectivity index (χ1) is 11.5. The summed E-state index contributed by atoms with van der Waals surface area (Å²) in [5.41, 5.74) is 8.60. The highest BCUT2D eigenvalue weighted by atomic mass is 16.2. The van der Waals surface area contributed by atoms with Crippen LogP contribution in [0.15, 0.2) is 18.2 Å². The van der Waals surface area contributed by atoms with Gasteiger partial charge >= 0.3 is 0 Å². The molecule has 1 aliphatic carbocycles. The van der Waals surface area contributed by atoms with Gasteiger partial charge in [-0.1, -0.05) is 18.9 Å². The van der Waals surface area contributed by atoms with Gasteiger partial charge in [0.2, 0.25) is 11.8 Å². The number of amides is 2. The minimum Gasteiger partial charge on any atom is -0.397 e. The monoisotopic (exact) mass is 330 g/mol. The topological polar surface area (TPSA) is 87.5 Å².